The lowest BCUT2D eigenvalue weighted by molar-refractivity contribution is 0.103. The number of carbonyl (C=O) groups excluding carboxylic acids is 1. The lowest BCUT2D eigenvalue weighted by Gasteiger charge is -2.08. The first-order valence-electron chi connectivity index (χ1n) is 8.40. The summed E-state index contributed by atoms with van der Waals surface area (Å²) in [5.74, 6) is -9.62. The molecule has 0 aliphatic heterocycles. The van der Waals surface area contributed by atoms with Gasteiger partial charge in [-0.15, -0.1) is 0 Å². The van der Waals surface area contributed by atoms with Crippen LogP contribution in [0, 0.1) is 61.2 Å². The summed E-state index contributed by atoms with van der Waals surface area (Å²) in [6.45, 7) is 4.26. The number of nitriles is 1. The second kappa shape index (κ2) is 7.26. The van der Waals surface area contributed by atoms with E-state index in [1.165, 1.54) is 19.9 Å². The summed E-state index contributed by atoms with van der Waals surface area (Å²) >= 11 is 0. The minimum absolute atomic E-state index is 0.123. The van der Waals surface area contributed by atoms with Crippen LogP contribution in [0.4, 0.5) is 22.0 Å². The van der Waals surface area contributed by atoms with Crippen LogP contribution in [0.1, 0.15) is 38.3 Å². The number of rotatable bonds is 3. The molecule has 10 heteroatoms. The Morgan fingerprint density at radius 3 is 2.07 bits per heavy atom. The Hall–Kier alpha value is -3.74. The lowest BCUT2D eigenvalue weighted by atomic mass is 9.99. The van der Waals surface area contributed by atoms with Crippen molar-refractivity contribution in [2.75, 3.05) is 0 Å². The zero-order valence-electron chi connectivity index (χ0n) is 15.8. The zero-order valence-corrected chi connectivity index (χ0v) is 15.8. The lowest BCUT2D eigenvalue weighted by Crippen LogP contribution is -2.24. The molecule has 3 aromatic rings. The topological polar surface area (TPSA) is 78.7 Å². The number of benzene rings is 2. The number of nitrogens with one attached hydrogen (secondary N) is 1. The third kappa shape index (κ3) is 2.99. The van der Waals surface area contributed by atoms with E-state index in [1.807, 2.05) is 0 Å². The van der Waals surface area contributed by atoms with Crippen LogP contribution in [-0.2, 0) is 0 Å². The Labute approximate surface area is 166 Å². The Balaban J connectivity index is 2.26. The van der Waals surface area contributed by atoms with Crippen molar-refractivity contribution in [3.8, 4) is 11.8 Å². The molecule has 1 heterocycles. The highest BCUT2D eigenvalue weighted by atomic mass is 19.2. The standard InChI is InChI=1S/C20H12F5N3O2/c1-7-4-10(5-12(21)8(7)2)19(29)13-9(3)27-28(20(13)30)18-16(24)14(22)11(6-26)15(23)17(18)25/h4-5,27H,1-3H3. The maximum atomic E-state index is 14.3. The second-order valence-electron chi connectivity index (χ2n) is 6.57. The number of nitrogens with zero attached hydrogens (tertiary/aromatic N) is 2. The zero-order chi connectivity index (χ0) is 22.5. The van der Waals surface area contributed by atoms with Gasteiger partial charge in [0.2, 0.25) is 5.78 Å². The molecule has 0 fully saturated rings. The van der Waals surface area contributed by atoms with Gasteiger partial charge in [-0.2, -0.15) is 5.26 Å². The molecular formula is C20H12F5N3O2. The average molecular weight is 421 g/mol. The van der Waals surface area contributed by atoms with Crippen LogP contribution in [0.2, 0.25) is 0 Å². The number of ketones is 1. The highest BCUT2D eigenvalue weighted by Crippen LogP contribution is 2.26. The summed E-state index contributed by atoms with van der Waals surface area (Å²) in [4.78, 5) is 25.5. The summed E-state index contributed by atoms with van der Waals surface area (Å²) < 4.78 is 70.6. The van der Waals surface area contributed by atoms with Crippen LogP contribution >= 0.6 is 0 Å². The van der Waals surface area contributed by atoms with Gasteiger partial charge in [0.25, 0.3) is 5.56 Å². The molecule has 30 heavy (non-hydrogen) atoms. The first-order valence-corrected chi connectivity index (χ1v) is 8.40. The summed E-state index contributed by atoms with van der Waals surface area (Å²) in [6, 6.07) is 3.23. The molecule has 0 bridgehead atoms. The van der Waals surface area contributed by atoms with E-state index in [4.69, 9.17) is 5.26 Å². The molecule has 0 aliphatic rings. The van der Waals surface area contributed by atoms with Crippen LogP contribution in [0.15, 0.2) is 16.9 Å². The monoisotopic (exact) mass is 421 g/mol. The largest absolute Gasteiger partial charge is 0.294 e. The molecule has 154 valence electrons. The van der Waals surface area contributed by atoms with Crippen molar-refractivity contribution in [2.45, 2.75) is 20.8 Å². The molecule has 0 saturated heterocycles. The molecule has 0 amide bonds. The minimum atomic E-state index is -2.00. The van der Waals surface area contributed by atoms with Crippen LogP contribution in [0.3, 0.4) is 0 Å². The van der Waals surface area contributed by atoms with E-state index in [9.17, 15) is 31.5 Å². The van der Waals surface area contributed by atoms with Crippen molar-refractivity contribution in [3.63, 3.8) is 0 Å². The smallest absolute Gasteiger partial charge is 0.282 e. The highest BCUT2D eigenvalue weighted by Gasteiger charge is 2.30. The molecule has 0 unspecified atom stereocenters. The van der Waals surface area contributed by atoms with Crippen molar-refractivity contribution >= 4 is 5.78 Å². The van der Waals surface area contributed by atoms with Crippen molar-refractivity contribution in [2.24, 2.45) is 0 Å². The van der Waals surface area contributed by atoms with Crippen LogP contribution in [0.25, 0.3) is 5.69 Å². The summed E-state index contributed by atoms with van der Waals surface area (Å²) in [5.41, 5.74) is -4.50. The first-order chi connectivity index (χ1) is 14.0. The van der Waals surface area contributed by atoms with E-state index in [-0.39, 0.29) is 15.9 Å². The van der Waals surface area contributed by atoms with Gasteiger partial charge < -0.3 is 0 Å². The number of carbonyl (C=O) groups is 1. The van der Waals surface area contributed by atoms with Crippen LogP contribution < -0.4 is 5.56 Å². The molecule has 1 N–H and O–H groups in total. The van der Waals surface area contributed by atoms with E-state index in [0.717, 1.165) is 12.1 Å². The average Bonchev–Trinajstić information content (AvgIpc) is 2.98. The van der Waals surface area contributed by atoms with Crippen molar-refractivity contribution < 1.29 is 26.7 Å². The third-order valence-electron chi connectivity index (χ3n) is 4.74. The maximum absolute atomic E-state index is 14.3. The molecule has 0 atom stereocenters. The number of aromatic amines is 1. The maximum Gasteiger partial charge on any atom is 0.282 e. The number of hydrogen-bond acceptors (Lipinski definition) is 3. The fourth-order valence-corrected chi connectivity index (χ4v) is 2.98. The fraction of sp³-hybridized carbons (Fsp3) is 0.150. The predicted molar refractivity (Wildman–Crippen MR) is 95.0 cm³/mol. The van der Waals surface area contributed by atoms with E-state index in [1.54, 1.807) is 6.92 Å². The fourth-order valence-electron chi connectivity index (χ4n) is 2.98. The third-order valence-corrected chi connectivity index (χ3v) is 4.74. The predicted octanol–water partition coefficient (Wildman–Crippen LogP) is 3.89. The van der Waals surface area contributed by atoms with Gasteiger partial charge in [-0.3, -0.25) is 14.7 Å². The van der Waals surface area contributed by atoms with E-state index >= 15 is 0 Å². The SMILES string of the molecule is Cc1cc(C(=O)c2c(C)[nH]n(-c3c(F)c(F)c(C#N)c(F)c3F)c2=O)cc(F)c1C. The van der Waals surface area contributed by atoms with Gasteiger partial charge in [0.05, 0.1) is 0 Å². The Kier molecular flexibility index (Phi) is 5.08. The molecule has 0 spiro atoms. The van der Waals surface area contributed by atoms with Gasteiger partial charge in [-0.05, 0) is 44.0 Å². The molecular weight excluding hydrogens is 409 g/mol. The molecule has 0 saturated carbocycles. The molecule has 0 aliphatic carbocycles. The van der Waals surface area contributed by atoms with Gasteiger partial charge in [-0.25, -0.2) is 26.6 Å². The van der Waals surface area contributed by atoms with Crippen molar-refractivity contribution in [1.82, 2.24) is 9.78 Å². The number of aromatic nitrogens is 2. The number of H-pyrrole nitrogens is 1. The molecule has 5 nitrogen and oxygen atoms in total. The van der Waals surface area contributed by atoms with Crippen LogP contribution in [-0.4, -0.2) is 15.6 Å². The minimum Gasteiger partial charge on any atom is -0.294 e. The van der Waals surface area contributed by atoms with Crippen LogP contribution in [0.5, 0.6) is 0 Å². The summed E-state index contributed by atoms with van der Waals surface area (Å²) in [7, 11) is 0. The van der Waals surface area contributed by atoms with Gasteiger partial charge in [0.1, 0.15) is 28.7 Å². The van der Waals surface area contributed by atoms with E-state index in [0.29, 0.717) is 11.1 Å². The molecule has 0 radical (unpaired) electrons. The summed E-state index contributed by atoms with van der Waals surface area (Å²) in [6.07, 6.45) is 0. The Bertz CT molecular complexity index is 1280. The highest BCUT2D eigenvalue weighted by molar-refractivity contribution is 6.09. The summed E-state index contributed by atoms with van der Waals surface area (Å²) in [5, 5.41) is 10.8. The molecule has 3 rings (SSSR count). The van der Waals surface area contributed by atoms with Crippen molar-refractivity contribution in [1.29, 1.82) is 5.26 Å². The molecule has 2 aromatic carbocycles. The van der Waals surface area contributed by atoms with Gasteiger partial charge in [-0.1, -0.05) is 0 Å². The number of halogens is 5. The van der Waals surface area contributed by atoms with Gasteiger partial charge in [0, 0.05) is 11.3 Å². The Morgan fingerprint density at radius 1 is 1.00 bits per heavy atom. The first kappa shape index (κ1) is 21.0. The van der Waals surface area contributed by atoms with Gasteiger partial charge in [0.15, 0.2) is 23.3 Å². The number of hydrogen-bond donors (Lipinski definition) is 1. The quantitative estimate of drug-likeness (QED) is 0.396. The molecule has 1 aromatic heterocycles. The Morgan fingerprint density at radius 2 is 1.57 bits per heavy atom. The van der Waals surface area contributed by atoms with Crippen molar-refractivity contribution in [3.05, 3.63) is 85.1 Å². The van der Waals surface area contributed by atoms with Gasteiger partial charge >= 0.3 is 0 Å². The van der Waals surface area contributed by atoms with E-state index in [2.05, 4.69) is 5.10 Å². The second-order valence-corrected chi connectivity index (χ2v) is 6.57. The number of aryl methyl sites for hydroxylation is 2. The van der Waals surface area contributed by atoms with E-state index < -0.39 is 57.2 Å². The normalized spacial score (nSPS) is 10.9.